The first kappa shape index (κ1) is 11.9. The van der Waals surface area contributed by atoms with Crippen LogP contribution in [0.25, 0.3) is 0 Å². The zero-order chi connectivity index (χ0) is 12.6. The van der Waals surface area contributed by atoms with E-state index in [1.54, 1.807) is 19.1 Å². The summed E-state index contributed by atoms with van der Waals surface area (Å²) in [6.45, 7) is 2.25. The van der Waals surface area contributed by atoms with Crippen LogP contribution in [0.3, 0.4) is 0 Å². The Morgan fingerprint density at radius 1 is 1.47 bits per heavy atom. The fourth-order valence-electron chi connectivity index (χ4n) is 1.85. The number of rotatable bonds is 2. The molecule has 0 atom stereocenters. The summed E-state index contributed by atoms with van der Waals surface area (Å²) in [6.07, 6.45) is 0. The van der Waals surface area contributed by atoms with Crippen molar-refractivity contribution in [3.8, 4) is 0 Å². The SMILES string of the molecule is Cc1c(C(=O)O)cccc1N1CCNS1(=O)=O. The molecule has 1 aliphatic rings. The van der Waals surface area contributed by atoms with E-state index in [0.29, 0.717) is 24.3 Å². The van der Waals surface area contributed by atoms with Crippen LogP contribution in [0.4, 0.5) is 5.69 Å². The third-order valence-corrected chi connectivity index (χ3v) is 4.22. The molecular weight excluding hydrogens is 244 g/mol. The molecule has 0 radical (unpaired) electrons. The Balaban J connectivity index is 2.54. The molecule has 1 heterocycles. The Labute approximate surface area is 99.0 Å². The highest BCUT2D eigenvalue weighted by Gasteiger charge is 2.29. The third-order valence-electron chi connectivity index (χ3n) is 2.69. The van der Waals surface area contributed by atoms with Crippen LogP contribution < -0.4 is 9.03 Å². The van der Waals surface area contributed by atoms with Gasteiger partial charge in [0.15, 0.2) is 0 Å². The fraction of sp³-hybridized carbons (Fsp3) is 0.300. The van der Waals surface area contributed by atoms with Crippen LogP contribution in [0, 0.1) is 6.92 Å². The van der Waals surface area contributed by atoms with Gasteiger partial charge in [0.05, 0.1) is 11.3 Å². The van der Waals surface area contributed by atoms with Crippen LogP contribution in [0.5, 0.6) is 0 Å². The second-order valence-electron chi connectivity index (χ2n) is 3.73. The van der Waals surface area contributed by atoms with E-state index in [4.69, 9.17) is 5.11 Å². The van der Waals surface area contributed by atoms with E-state index in [-0.39, 0.29) is 5.56 Å². The van der Waals surface area contributed by atoms with Gasteiger partial charge in [0, 0.05) is 13.1 Å². The van der Waals surface area contributed by atoms with E-state index in [0.717, 1.165) is 0 Å². The van der Waals surface area contributed by atoms with Crippen molar-refractivity contribution in [2.24, 2.45) is 0 Å². The lowest BCUT2D eigenvalue weighted by atomic mass is 10.1. The summed E-state index contributed by atoms with van der Waals surface area (Å²) in [7, 11) is -3.51. The summed E-state index contributed by atoms with van der Waals surface area (Å²) in [4.78, 5) is 11.0. The number of hydrogen-bond donors (Lipinski definition) is 2. The summed E-state index contributed by atoms with van der Waals surface area (Å²) in [6, 6.07) is 4.60. The summed E-state index contributed by atoms with van der Waals surface area (Å²) in [5.41, 5.74) is 0.978. The largest absolute Gasteiger partial charge is 0.478 e. The van der Waals surface area contributed by atoms with Crippen molar-refractivity contribution in [1.82, 2.24) is 4.72 Å². The van der Waals surface area contributed by atoms with Crippen LogP contribution in [-0.4, -0.2) is 32.6 Å². The Morgan fingerprint density at radius 2 is 2.18 bits per heavy atom. The van der Waals surface area contributed by atoms with Crippen molar-refractivity contribution in [2.75, 3.05) is 17.4 Å². The van der Waals surface area contributed by atoms with E-state index >= 15 is 0 Å². The van der Waals surface area contributed by atoms with Crippen molar-refractivity contribution < 1.29 is 18.3 Å². The molecule has 0 amide bonds. The van der Waals surface area contributed by atoms with Crippen LogP contribution >= 0.6 is 0 Å². The maximum absolute atomic E-state index is 11.7. The number of anilines is 1. The molecule has 1 aromatic rings. The highest BCUT2D eigenvalue weighted by molar-refractivity contribution is 7.91. The summed E-state index contributed by atoms with van der Waals surface area (Å²) < 4.78 is 26.9. The van der Waals surface area contributed by atoms with Crippen molar-refractivity contribution in [1.29, 1.82) is 0 Å². The van der Waals surface area contributed by atoms with E-state index in [2.05, 4.69) is 4.72 Å². The molecule has 2 rings (SSSR count). The summed E-state index contributed by atoms with van der Waals surface area (Å²) in [5, 5.41) is 8.98. The highest BCUT2D eigenvalue weighted by atomic mass is 32.2. The minimum Gasteiger partial charge on any atom is -0.478 e. The molecule has 1 fully saturated rings. The smallest absolute Gasteiger partial charge is 0.336 e. The molecule has 0 saturated carbocycles. The van der Waals surface area contributed by atoms with Crippen molar-refractivity contribution in [2.45, 2.75) is 6.92 Å². The van der Waals surface area contributed by atoms with Gasteiger partial charge < -0.3 is 5.11 Å². The first-order valence-corrected chi connectivity index (χ1v) is 6.48. The molecule has 2 N–H and O–H groups in total. The number of carboxylic acids is 1. The average Bonchev–Trinajstić information content (AvgIpc) is 2.58. The topological polar surface area (TPSA) is 86.7 Å². The lowest BCUT2D eigenvalue weighted by Gasteiger charge is -2.19. The normalized spacial score (nSPS) is 18.3. The average molecular weight is 256 g/mol. The molecule has 0 bridgehead atoms. The van der Waals surface area contributed by atoms with Gasteiger partial charge in [0.25, 0.3) is 0 Å². The fourth-order valence-corrected chi connectivity index (χ4v) is 3.14. The molecule has 1 saturated heterocycles. The second-order valence-corrected chi connectivity index (χ2v) is 5.41. The quantitative estimate of drug-likeness (QED) is 0.799. The van der Waals surface area contributed by atoms with Gasteiger partial charge in [0.2, 0.25) is 0 Å². The number of aromatic carboxylic acids is 1. The predicted octanol–water partition coefficient (Wildman–Crippen LogP) is 0.348. The molecule has 0 aliphatic carbocycles. The summed E-state index contributed by atoms with van der Waals surface area (Å²) >= 11 is 0. The van der Waals surface area contributed by atoms with E-state index in [1.165, 1.54) is 10.4 Å². The number of carboxylic acid groups (broad SMARTS) is 1. The van der Waals surface area contributed by atoms with Gasteiger partial charge in [-0.15, -0.1) is 0 Å². The summed E-state index contributed by atoms with van der Waals surface area (Å²) in [5.74, 6) is -1.06. The third kappa shape index (κ3) is 1.98. The Bertz CT molecular complexity index is 568. The van der Waals surface area contributed by atoms with Gasteiger partial charge in [0.1, 0.15) is 0 Å². The van der Waals surface area contributed by atoms with Crippen molar-refractivity contribution in [3.05, 3.63) is 29.3 Å². The molecule has 17 heavy (non-hydrogen) atoms. The standard InChI is InChI=1S/C10H12N2O4S/c1-7-8(10(13)14)3-2-4-9(7)12-6-5-11-17(12,15)16/h2-4,11H,5-6H2,1H3,(H,13,14). The molecule has 0 unspecified atom stereocenters. The van der Waals surface area contributed by atoms with Crippen LogP contribution in [-0.2, 0) is 10.2 Å². The van der Waals surface area contributed by atoms with Gasteiger partial charge >= 0.3 is 16.2 Å². The minimum absolute atomic E-state index is 0.115. The number of nitrogens with one attached hydrogen (secondary N) is 1. The molecule has 0 aromatic heterocycles. The zero-order valence-corrected chi connectivity index (χ0v) is 9.99. The van der Waals surface area contributed by atoms with Gasteiger partial charge in [-0.25, -0.2) is 4.79 Å². The number of nitrogens with zero attached hydrogens (tertiary/aromatic N) is 1. The maximum Gasteiger partial charge on any atom is 0.336 e. The number of carbonyl (C=O) groups is 1. The molecule has 7 heteroatoms. The van der Waals surface area contributed by atoms with Crippen LogP contribution in [0.1, 0.15) is 15.9 Å². The molecule has 6 nitrogen and oxygen atoms in total. The van der Waals surface area contributed by atoms with Gasteiger partial charge in [-0.05, 0) is 24.6 Å². The monoisotopic (exact) mass is 256 g/mol. The van der Waals surface area contributed by atoms with E-state index in [9.17, 15) is 13.2 Å². The predicted molar refractivity (Wildman–Crippen MR) is 62.4 cm³/mol. The Hall–Kier alpha value is -1.60. The zero-order valence-electron chi connectivity index (χ0n) is 9.17. The van der Waals surface area contributed by atoms with Crippen LogP contribution in [0.2, 0.25) is 0 Å². The van der Waals surface area contributed by atoms with E-state index in [1.807, 2.05) is 0 Å². The first-order chi connectivity index (χ1) is 7.93. The van der Waals surface area contributed by atoms with Gasteiger partial charge in [-0.3, -0.25) is 4.31 Å². The highest BCUT2D eigenvalue weighted by Crippen LogP contribution is 2.26. The molecular formula is C10H12N2O4S. The second kappa shape index (κ2) is 4.01. The van der Waals surface area contributed by atoms with Gasteiger partial charge in [-0.1, -0.05) is 6.07 Å². The first-order valence-electron chi connectivity index (χ1n) is 5.04. The van der Waals surface area contributed by atoms with E-state index < -0.39 is 16.2 Å². The number of benzene rings is 1. The molecule has 1 aliphatic heterocycles. The minimum atomic E-state index is -3.51. The van der Waals surface area contributed by atoms with Crippen LogP contribution in [0.15, 0.2) is 18.2 Å². The van der Waals surface area contributed by atoms with Crippen molar-refractivity contribution >= 4 is 21.9 Å². The lowest BCUT2D eigenvalue weighted by molar-refractivity contribution is 0.0696. The molecule has 92 valence electrons. The Kier molecular flexibility index (Phi) is 2.80. The lowest BCUT2D eigenvalue weighted by Crippen LogP contribution is -2.30. The van der Waals surface area contributed by atoms with Gasteiger partial charge in [-0.2, -0.15) is 13.1 Å². The molecule has 1 aromatic carbocycles. The molecule has 0 spiro atoms. The number of hydrogen-bond acceptors (Lipinski definition) is 3. The Morgan fingerprint density at radius 3 is 2.71 bits per heavy atom. The van der Waals surface area contributed by atoms with Crippen molar-refractivity contribution in [3.63, 3.8) is 0 Å². The maximum atomic E-state index is 11.7.